The molecule has 4 nitrogen and oxygen atoms in total. The zero-order chi connectivity index (χ0) is 17.4. The quantitative estimate of drug-likeness (QED) is 0.719. The number of aromatic amines is 1. The maximum atomic E-state index is 13.0. The molecule has 25 heavy (non-hydrogen) atoms. The maximum absolute atomic E-state index is 13.0. The van der Waals surface area contributed by atoms with Gasteiger partial charge in [-0.3, -0.25) is 4.79 Å². The first-order chi connectivity index (χ1) is 12.1. The van der Waals surface area contributed by atoms with Crippen molar-refractivity contribution in [1.82, 2.24) is 4.98 Å². The van der Waals surface area contributed by atoms with Crippen molar-refractivity contribution in [3.8, 4) is 5.75 Å². The van der Waals surface area contributed by atoms with E-state index in [-0.39, 0.29) is 5.91 Å². The molecular formula is C21H22N2O2. The normalized spacial score (nSPS) is 15.1. The Kier molecular flexibility index (Phi) is 3.75. The molecule has 1 amide bonds. The summed E-state index contributed by atoms with van der Waals surface area (Å²) in [6.07, 6.45) is 1.77. The topological polar surface area (TPSA) is 54.1 Å². The second-order valence-corrected chi connectivity index (χ2v) is 6.66. The van der Waals surface area contributed by atoms with Crippen LogP contribution in [0.2, 0.25) is 0 Å². The van der Waals surface area contributed by atoms with Crippen LogP contribution < -0.4 is 10.1 Å². The molecule has 0 bridgehead atoms. The van der Waals surface area contributed by atoms with Crippen LogP contribution in [-0.4, -0.2) is 17.5 Å². The molecule has 4 rings (SSSR count). The van der Waals surface area contributed by atoms with Crippen LogP contribution in [0.15, 0.2) is 48.5 Å². The van der Waals surface area contributed by atoms with E-state index in [1.165, 1.54) is 0 Å². The first-order valence-corrected chi connectivity index (χ1v) is 8.76. The highest BCUT2D eigenvalue weighted by Crippen LogP contribution is 2.52. The second-order valence-electron chi connectivity index (χ2n) is 6.66. The van der Waals surface area contributed by atoms with Crippen molar-refractivity contribution in [2.45, 2.75) is 32.1 Å². The van der Waals surface area contributed by atoms with Crippen molar-refractivity contribution in [2.24, 2.45) is 0 Å². The fourth-order valence-electron chi connectivity index (χ4n) is 3.66. The van der Waals surface area contributed by atoms with Crippen LogP contribution in [-0.2, 0) is 10.2 Å². The van der Waals surface area contributed by atoms with E-state index in [0.717, 1.165) is 46.4 Å². The SMILES string of the molecule is CCOc1ccc(NC(=O)C2(c3c(C)[nH]c4ccccc34)CC2)cc1. The van der Waals surface area contributed by atoms with Gasteiger partial charge >= 0.3 is 0 Å². The van der Waals surface area contributed by atoms with Gasteiger partial charge in [0.05, 0.1) is 12.0 Å². The molecule has 0 unspecified atom stereocenters. The Balaban J connectivity index is 1.62. The molecule has 1 saturated carbocycles. The molecule has 0 atom stereocenters. The number of rotatable bonds is 5. The van der Waals surface area contributed by atoms with Crippen molar-refractivity contribution in [3.05, 3.63) is 59.8 Å². The fraction of sp³-hybridized carbons (Fsp3) is 0.286. The molecule has 3 aromatic rings. The summed E-state index contributed by atoms with van der Waals surface area (Å²) in [5.74, 6) is 0.888. The molecule has 1 heterocycles. The van der Waals surface area contributed by atoms with Gasteiger partial charge < -0.3 is 15.0 Å². The molecule has 1 aliphatic carbocycles. The summed E-state index contributed by atoms with van der Waals surface area (Å²) in [7, 11) is 0. The molecule has 0 saturated heterocycles. The van der Waals surface area contributed by atoms with Crippen molar-refractivity contribution >= 4 is 22.5 Å². The lowest BCUT2D eigenvalue weighted by molar-refractivity contribution is -0.118. The second kappa shape index (κ2) is 5.96. The fourth-order valence-corrected chi connectivity index (χ4v) is 3.66. The summed E-state index contributed by atoms with van der Waals surface area (Å²) in [4.78, 5) is 16.5. The Morgan fingerprint density at radius 1 is 1.16 bits per heavy atom. The predicted molar refractivity (Wildman–Crippen MR) is 100 cm³/mol. The van der Waals surface area contributed by atoms with Gasteiger partial charge in [0.25, 0.3) is 0 Å². The number of amides is 1. The van der Waals surface area contributed by atoms with Gasteiger partial charge in [0, 0.05) is 22.3 Å². The number of hydrogen-bond donors (Lipinski definition) is 2. The van der Waals surface area contributed by atoms with Gasteiger partial charge in [-0.05, 0) is 62.6 Å². The van der Waals surface area contributed by atoms with Crippen LogP contribution in [0.25, 0.3) is 10.9 Å². The number of carbonyl (C=O) groups is 1. The summed E-state index contributed by atoms with van der Waals surface area (Å²) >= 11 is 0. The Bertz CT molecular complexity index is 921. The first-order valence-electron chi connectivity index (χ1n) is 8.76. The largest absolute Gasteiger partial charge is 0.494 e. The summed E-state index contributed by atoms with van der Waals surface area (Å²) in [6, 6.07) is 15.7. The van der Waals surface area contributed by atoms with E-state index in [1.54, 1.807) is 0 Å². The van der Waals surface area contributed by atoms with Gasteiger partial charge in [-0.15, -0.1) is 0 Å². The summed E-state index contributed by atoms with van der Waals surface area (Å²) in [6.45, 7) is 4.64. The van der Waals surface area contributed by atoms with Gasteiger partial charge in [-0.25, -0.2) is 0 Å². The van der Waals surface area contributed by atoms with Crippen molar-refractivity contribution in [1.29, 1.82) is 0 Å². The lowest BCUT2D eigenvalue weighted by Crippen LogP contribution is -2.28. The lowest BCUT2D eigenvalue weighted by atomic mass is 9.92. The Hall–Kier alpha value is -2.75. The molecule has 1 aromatic heterocycles. The highest BCUT2D eigenvalue weighted by molar-refractivity contribution is 6.05. The highest BCUT2D eigenvalue weighted by atomic mass is 16.5. The van der Waals surface area contributed by atoms with Gasteiger partial charge in [-0.1, -0.05) is 18.2 Å². The third-order valence-corrected chi connectivity index (χ3v) is 4.98. The molecule has 4 heteroatoms. The summed E-state index contributed by atoms with van der Waals surface area (Å²) < 4.78 is 5.45. The monoisotopic (exact) mass is 334 g/mol. The average molecular weight is 334 g/mol. The molecule has 128 valence electrons. The molecule has 0 aliphatic heterocycles. The van der Waals surface area contributed by atoms with E-state index >= 15 is 0 Å². The molecule has 0 radical (unpaired) electrons. The number of fused-ring (bicyclic) bond motifs is 1. The lowest BCUT2D eigenvalue weighted by Gasteiger charge is -2.16. The number of aromatic nitrogens is 1. The van der Waals surface area contributed by atoms with Gasteiger partial charge in [0.15, 0.2) is 0 Å². The summed E-state index contributed by atoms with van der Waals surface area (Å²) in [5, 5.41) is 4.24. The van der Waals surface area contributed by atoms with Crippen molar-refractivity contribution < 1.29 is 9.53 Å². The number of nitrogens with one attached hydrogen (secondary N) is 2. The Morgan fingerprint density at radius 2 is 1.88 bits per heavy atom. The zero-order valence-electron chi connectivity index (χ0n) is 14.6. The smallest absolute Gasteiger partial charge is 0.235 e. The van der Waals surface area contributed by atoms with Crippen molar-refractivity contribution in [2.75, 3.05) is 11.9 Å². The van der Waals surface area contributed by atoms with E-state index in [4.69, 9.17) is 4.74 Å². The van der Waals surface area contributed by atoms with Crippen molar-refractivity contribution in [3.63, 3.8) is 0 Å². The average Bonchev–Trinajstić information content (AvgIpc) is 3.33. The Morgan fingerprint density at radius 3 is 2.56 bits per heavy atom. The van der Waals surface area contributed by atoms with E-state index in [1.807, 2.05) is 43.3 Å². The number of aryl methyl sites for hydroxylation is 1. The van der Waals surface area contributed by atoms with Crippen LogP contribution in [0.4, 0.5) is 5.69 Å². The molecule has 1 aliphatic rings. The standard InChI is InChI=1S/C21H22N2O2/c1-3-25-16-10-8-15(9-11-16)23-20(24)21(12-13-21)19-14(2)22-18-7-5-4-6-17(18)19/h4-11,22H,3,12-13H2,1-2H3,(H,23,24). The van der Waals surface area contributed by atoms with Crippen LogP contribution in [0.3, 0.4) is 0 Å². The molecule has 2 aromatic carbocycles. The number of anilines is 1. The van der Waals surface area contributed by atoms with Gasteiger partial charge in [0.1, 0.15) is 5.75 Å². The Labute approximate surface area is 147 Å². The van der Waals surface area contributed by atoms with E-state index in [0.29, 0.717) is 6.61 Å². The number of benzene rings is 2. The minimum atomic E-state index is -0.414. The molecule has 0 spiro atoms. The predicted octanol–water partition coefficient (Wildman–Crippen LogP) is 4.55. The van der Waals surface area contributed by atoms with Crippen LogP contribution in [0.1, 0.15) is 31.0 Å². The first kappa shape index (κ1) is 15.8. The number of H-pyrrole nitrogens is 1. The minimum Gasteiger partial charge on any atom is -0.494 e. The molecular weight excluding hydrogens is 312 g/mol. The maximum Gasteiger partial charge on any atom is 0.235 e. The zero-order valence-corrected chi connectivity index (χ0v) is 14.6. The number of para-hydroxylation sites is 1. The van der Waals surface area contributed by atoms with E-state index in [9.17, 15) is 4.79 Å². The minimum absolute atomic E-state index is 0.0736. The molecule has 1 fully saturated rings. The van der Waals surface area contributed by atoms with Crippen LogP contribution >= 0.6 is 0 Å². The van der Waals surface area contributed by atoms with E-state index < -0.39 is 5.41 Å². The number of ether oxygens (including phenoxy) is 1. The van der Waals surface area contributed by atoms with Crippen LogP contribution in [0, 0.1) is 6.92 Å². The summed E-state index contributed by atoms with van der Waals surface area (Å²) in [5.41, 5.74) is 3.71. The highest BCUT2D eigenvalue weighted by Gasteiger charge is 2.53. The number of carbonyl (C=O) groups excluding carboxylic acids is 1. The molecule has 2 N–H and O–H groups in total. The van der Waals surface area contributed by atoms with E-state index in [2.05, 4.69) is 29.4 Å². The third-order valence-electron chi connectivity index (χ3n) is 4.98. The van der Waals surface area contributed by atoms with Crippen LogP contribution in [0.5, 0.6) is 5.75 Å². The van der Waals surface area contributed by atoms with Gasteiger partial charge in [-0.2, -0.15) is 0 Å². The third kappa shape index (κ3) is 2.68. The number of hydrogen-bond acceptors (Lipinski definition) is 2. The van der Waals surface area contributed by atoms with Gasteiger partial charge in [0.2, 0.25) is 5.91 Å².